The topological polar surface area (TPSA) is 77.0 Å². The molecule has 0 fully saturated rings. The fourth-order valence-electron chi connectivity index (χ4n) is 4.24. The normalized spacial score (nSPS) is 11.9. The molecule has 5 rings (SSSR count). The number of aromatic amines is 1. The van der Waals surface area contributed by atoms with E-state index in [0.29, 0.717) is 28.1 Å². The second kappa shape index (κ2) is 8.83. The number of rotatable bonds is 6. The maximum Gasteiger partial charge on any atom is 0.342 e. The lowest BCUT2D eigenvalue weighted by atomic mass is 9.99. The molecule has 0 aliphatic carbocycles. The van der Waals surface area contributed by atoms with Crippen LogP contribution in [0.1, 0.15) is 43.8 Å². The molecule has 0 amide bonds. The second-order valence-electron chi connectivity index (χ2n) is 8.10. The molecule has 0 aliphatic rings. The number of fused-ring (bicyclic) bond motifs is 1. The minimum atomic E-state index is -1.09. The molecule has 1 N–H and O–H groups in total. The number of benzene rings is 3. The first-order valence-electron chi connectivity index (χ1n) is 11.0. The highest BCUT2D eigenvalue weighted by Crippen LogP contribution is 2.29. The van der Waals surface area contributed by atoms with Gasteiger partial charge in [0.1, 0.15) is 5.56 Å². The Morgan fingerprint density at radius 3 is 2.26 bits per heavy atom. The van der Waals surface area contributed by atoms with E-state index in [2.05, 4.69) is 10.1 Å². The van der Waals surface area contributed by atoms with E-state index >= 15 is 0 Å². The Bertz CT molecular complexity index is 1480. The molecule has 34 heavy (non-hydrogen) atoms. The number of Topliss-reactive ketones (excluding diaryl/α,β-unsaturated/α-hetero) is 1. The zero-order chi connectivity index (χ0) is 23.7. The molecule has 0 bridgehead atoms. The molecule has 2 heterocycles. The van der Waals surface area contributed by atoms with Gasteiger partial charge in [-0.3, -0.25) is 4.79 Å². The number of aryl methyl sites for hydroxylation is 1. The average Bonchev–Trinajstić information content (AvgIpc) is 3.43. The van der Waals surface area contributed by atoms with Gasteiger partial charge >= 0.3 is 5.97 Å². The van der Waals surface area contributed by atoms with Gasteiger partial charge in [-0.1, -0.05) is 66.7 Å². The van der Waals surface area contributed by atoms with Crippen LogP contribution in [0.5, 0.6) is 0 Å². The van der Waals surface area contributed by atoms with Crippen LogP contribution in [0.3, 0.4) is 0 Å². The first-order chi connectivity index (χ1) is 16.5. The van der Waals surface area contributed by atoms with Gasteiger partial charge in [-0.2, -0.15) is 5.10 Å². The minimum Gasteiger partial charge on any atom is -0.445 e. The summed E-state index contributed by atoms with van der Waals surface area (Å²) in [6, 6.07) is 26.2. The van der Waals surface area contributed by atoms with Crippen molar-refractivity contribution in [1.82, 2.24) is 14.8 Å². The maximum absolute atomic E-state index is 13.7. The van der Waals surface area contributed by atoms with Crippen LogP contribution in [0.2, 0.25) is 0 Å². The molecular formula is C28H23N3O3. The lowest BCUT2D eigenvalue weighted by molar-refractivity contribution is 0.0279. The number of H-pyrrole nitrogens is 1. The van der Waals surface area contributed by atoms with E-state index in [9.17, 15) is 9.59 Å². The van der Waals surface area contributed by atoms with Crippen molar-refractivity contribution in [1.29, 1.82) is 0 Å². The Hall–Kier alpha value is -4.45. The lowest BCUT2D eigenvalue weighted by Gasteiger charge is -2.17. The Morgan fingerprint density at radius 1 is 0.882 bits per heavy atom. The van der Waals surface area contributed by atoms with Crippen molar-refractivity contribution < 1.29 is 14.3 Å². The first kappa shape index (κ1) is 21.4. The number of para-hydroxylation sites is 2. The highest BCUT2D eigenvalue weighted by atomic mass is 16.5. The van der Waals surface area contributed by atoms with Gasteiger partial charge in [0.2, 0.25) is 5.78 Å². The number of carbonyl (C=O) groups excluding carboxylic acids is 2. The number of nitrogens with zero attached hydrogens (tertiary/aromatic N) is 2. The number of ether oxygens (including phenoxy) is 1. The molecule has 0 aliphatic heterocycles. The van der Waals surface area contributed by atoms with Crippen LogP contribution in [0.4, 0.5) is 0 Å². The highest BCUT2D eigenvalue weighted by Gasteiger charge is 2.31. The van der Waals surface area contributed by atoms with E-state index in [1.807, 2.05) is 79.7 Å². The van der Waals surface area contributed by atoms with Crippen LogP contribution in [-0.2, 0) is 4.74 Å². The maximum atomic E-state index is 13.7. The predicted molar refractivity (Wildman–Crippen MR) is 130 cm³/mol. The summed E-state index contributed by atoms with van der Waals surface area (Å²) in [6.45, 7) is 3.59. The molecule has 6 heteroatoms. The van der Waals surface area contributed by atoms with Gasteiger partial charge < -0.3 is 9.72 Å². The Kier molecular flexibility index (Phi) is 5.55. The van der Waals surface area contributed by atoms with E-state index in [1.54, 1.807) is 29.9 Å². The number of carbonyl (C=O) groups is 2. The van der Waals surface area contributed by atoms with E-state index in [1.165, 1.54) is 0 Å². The second-order valence-corrected chi connectivity index (χ2v) is 8.10. The monoisotopic (exact) mass is 449 g/mol. The molecule has 2 aromatic heterocycles. The Morgan fingerprint density at radius 2 is 1.53 bits per heavy atom. The predicted octanol–water partition coefficient (Wildman–Crippen LogP) is 5.75. The molecule has 0 saturated heterocycles. The quantitative estimate of drug-likeness (QED) is 0.264. The van der Waals surface area contributed by atoms with Crippen molar-refractivity contribution in [3.63, 3.8) is 0 Å². The van der Waals surface area contributed by atoms with E-state index in [4.69, 9.17) is 4.74 Å². The van der Waals surface area contributed by atoms with Crippen molar-refractivity contribution in [2.75, 3.05) is 0 Å². The van der Waals surface area contributed by atoms with Crippen molar-refractivity contribution in [2.24, 2.45) is 0 Å². The van der Waals surface area contributed by atoms with E-state index in [-0.39, 0.29) is 5.78 Å². The van der Waals surface area contributed by atoms with Gasteiger partial charge in [0.05, 0.1) is 17.1 Å². The molecule has 0 radical (unpaired) electrons. The summed E-state index contributed by atoms with van der Waals surface area (Å²) in [7, 11) is 0. The van der Waals surface area contributed by atoms with Crippen molar-refractivity contribution >= 4 is 22.7 Å². The van der Waals surface area contributed by atoms with E-state index in [0.717, 1.165) is 16.6 Å². The van der Waals surface area contributed by atoms with Crippen LogP contribution in [-0.4, -0.2) is 26.5 Å². The van der Waals surface area contributed by atoms with Gasteiger partial charge in [-0.15, -0.1) is 0 Å². The van der Waals surface area contributed by atoms with Crippen molar-refractivity contribution in [3.05, 3.63) is 119 Å². The summed E-state index contributed by atoms with van der Waals surface area (Å²) < 4.78 is 7.63. The molecular weight excluding hydrogens is 426 g/mol. The number of hydrogen-bond acceptors (Lipinski definition) is 4. The van der Waals surface area contributed by atoms with E-state index < -0.39 is 12.1 Å². The summed E-state index contributed by atoms with van der Waals surface area (Å²) in [4.78, 5) is 30.2. The molecule has 6 nitrogen and oxygen atoms in total. The minimum absolute atomic E-state index is 0.289. The standard InChI is InChI=1S/C28H23N3O3/c1-18-25(19(2)31(30-18)21-13-7-4-8-14-21)28(33)34-27(20-11-5-3-6-12-20)26(32)23-17-29-24-16-10-9-15-22(23)24/h3-17,27,29H,1-2H3/t27-/m1/s1. The molecule has 0 saturated carbocycles. The van der Waals surface area contributed by atoms with Crippen molar-refractivity contribution in [3.8, 4) is 5.69 Å². The third-order valence-corrected chi connectivity index (χ3v) is 5.92. The van der Waals surface area contributed by atoms with Gasteiger partial charge in [0.25, 0.3) is 0 Å². The smallest absolute Gasteiger partial charge is 0.342 e. The molecule has 1 atom stereocenters. The largest absolute Gasteiger partial charge is 0.445 e. The van der Waals surface area contributed by atoms with Crippen LogP contribution in [0, 0.1) is 13.8 Å². The number of esters is 1. The number of aromatic nitrogens is 3. The van der Waals surface area contributed by atoms with Gasteiger partial charge in [-0.05, 0) is 32.0 Å². The molecule has 168 valence electrons. The number of nitrogens with one attached hydrogen (secondary N) is 1. The van der Waals surface area contributed by atoms with Crippen LogP contribution < -0.4 is 0 Å². The molecule has 5 aromatic rings. The molecule has 0 spiro atoms. The molecule has 3 aromatic carbocycles. The molecule has 0 unspecified atom stereocenters. The van der Waals surface area contributed by atoms with Crippen molar-refractivity contribution in [2.45, 2.75) is 20.0 Å². The SMILES string of the molecule is Cc1nn(-c2ccccc2)c(C)c1C(=O)O[C@@H](C(=O)c1c[nH]c2ccccc12)c1ccccc1. The Balaban J connectivity index is 1.52. The zero-order valence-corrected chi connectivity index (χ0v) is 18.9. The first-order valence-corrected chi connectivity index (χ1v) is 11.0. The fourth-order valence-corrected chi connectivity index (χ4v) is 4.24. The van der Waals surface area contributed by atoms with Gasteiger partial charge in [0.15, 0.2) is 6.10 Å². The summed E-state index contributed by atoms with van der Waals surface area (Å²) in [5, 5.41) is 5.33. The highest BCUT2D eigenvalue weighted by molar-refractivity contribution is 6.11. The summed E-state index contributed by atoms with van der Waals surface area (Å²) >= 11 is 0. The number of ketones is 1. The summed E-state index contributed by atoms with van der Waals surface area (Å²) in [6.07, 6.45) is 0.576. The van der Waals surface area contributed by atoms with Crippen LogP contribution >= 0.6 is 0 Å². The average molecular weight is 450 g/mol. The summed E-state index contributed by atoms with van der Waals surface area (Å²) in [5.41, 5.74) is 4.33. The zero-order valence-electron chi connectivity index (χ0n) is 18.9. The fraction of sp³-hybridized carbons (Fsp3) is 0.107. The summed E-state index contributed by atoms with van der Waals surface area (Å²) in [5.74, 6) is -0.873. The van der Waals surface area contributed by atoms with Crippen LogP contribution in [0.25, 0.3) is 16.6 Å². The third kappa shape index (κ3) is 3.79. The van der Waals surface area contributed by atoms with Gasteiger partial charge in [-0.25, -0.2) is 9.48 Å². The third-order valence-electron chi connectivity index (χ3n) is 5.92. The number of hydrogen-bond donors (Lipinski definition) is 1. The lowest BCUT2D eigenvalue weighted by Crippen LogP contribution is -2.21. The Labute approximate surface area is 196 Å². The van der Waals surface area contributed by atoms with Crippen LogP contribution in [0.15, 0.2) is 91.1 Å². The van der Waals surface area contributed by atoms with Gasteiger partial charge in [0, 0.05) is 28.2 Å².